The molecule has 0 saturated carbocycles. The number of hydrogen-bond acceptors (Lipinski definition) is 7. The Hall–Kier alpha value is -1.18. The molecule has 7 heteroatoms. The molecule has 1 N–H and O–H groups in total. The van der Waals surface area contributed by atoms with Gasteiger partial charge in [-0.25, -0.2) is 9.78 Å². The first-order valence-corrected chi connectivity index (χ1v) is 8.36. The molecule has 1 aromatic heterocycles. The first-order valence-electron chi connectivity index (χ1n) is 7.48. The molecule has 3 heterocycles. The Morgan fingerprint density at radius 1 is 1.67 bits per heavy atom. The lowest BCUT2D eigenvalue weighted by molar-refractivity contribution is -0.0415. The van der Waals surface area contributed by atoms with Gasteiger partial charge in [0.2, 0.25) is 0 Å². The number of thiazole rings is 1. The molecule has 0 aliphatic carbocycles. The van der Waals surface area contributed by atoms with Crippen molar-refractivity contribution in [1.82, 2.24) is 9.88 Å². The van der Waals surface area contributed by atoms with E-state index in [1.165, 1.54) is 30.7 Å². The number of nitrogens with zero attached hydrogens (tertiary/aromatic N) is 2. The smallest absolute Gasteiger partial charge is 0.360 e. The average Bonchev–Trinajstić information content (AvgIpc) is 3.13. The second-order valence-corrected chi connectivity index (χ2v) is 6.23. The van der Waals surface area contributed by atoms with E-state index in [1.54, 1.807) is 12.4 Å². The summed E-state index contributed by atoms with van der Waals surface area (Å²) in [5, 5.41) is 4.05. The van der Waals surface area contributed by atoms with Crippen LogP contribution < -0.4 is 5.32 Å². The van der Waals surface area contributed by atoms with Gasteiger partial charge in [-0.05, 0) is 26.3 Å². The summed E-state index contributed by atoms with van der Waals surface area (Å²) in [5.41, 5.74) is 2.03. The fourth-order valence-electron chi connectivity index (χ4n) is 2.93. The minimum absolute atomic E-state index is 0.163. The molecular formula is C14H21N3O3S. The van der Waals surface area contributed by atoms with Crippen molar-refractivity contribution in [3.05, 3.63) is 11.2 Å². The molecule has 2 unspecified atom stereocenters. The van der Waals surface area contributed by atoms with E-state index in [4.69, 9.17) is 9.47 Å². The van der Waals surface area contributed by atoms with E-state index in [0.29, 0.717) is 24.9 Å². The number of ether oxygens (including phenoxy) is 2. The summed E-state index contributed by atoms with van der Waals surface area (Å²) < 4.78 is 10.9. The maximum absolute atomic E-state index is 11.8. The molecule has 6 nitrogen and oxygen atoms in total. The number of esters is 1. The summed E-state index contributed by atoms with van der Waals surface area (Å²) in [7, 11) is 0. The Bertz CT molecular complexity index is 494. The highest BCUT2D eigenvalue weighted by Crippen LogP contribution is 2.24. The molecule has 0 amide bonds. The summed E-state index contributed by atoms with van der Waals surface area (Å²) in [6.45, 7) is 5.81. The van der Waals surface area contributed by atoms with Gasteiger partial charge in [-0.2, -0.15) is 0 Å². The van der Waals surface area contributed by atoms with Gasteiger partial charge in [0.05, 0.1) is 24.8 Å². The number of nitrogens with one attached hydrogen (secondary N) is 1. The van der Waals surface area contributed by atoms with Crippen LogP contribution in [0.5, 0.6) is 0 Å². The Balaban J connectivity index is 1.53. The molecule has 2 saturated heterocycles. The van der Waals surface area contributed by atoms with Gasteiger partial charge in [0.25, 0.3) is 0 Å². The highest BCUT2D eigenvalue weighted by Gasteiger charge is 2.32. The lowest BCUT2D eigenvalue weighted by Gasteiger charge is -2.35. The summed E-state index contributed by atoms with van der Waals surface area (Å²) in [6.07, 6.45) is 2.69. The number of fused-ring (bicyclic) bond motifs is 1. The Morgan fingerprint density at radius 3 is 3.43 bits per heavy atom. The van der Waals surface area contributed by atoms with Crippen molar-refractivity contribution in [1.29, 1.82) is 0 Å². The molecule has 0 spiro atoms. The van der Waals surface area contributed by atoms with Crippen LogP contribution in [0.3, 0.4) is 0 Å². The second-order valence-electron chi connectivity index (χ2n) is 5.38. The molecule has 116 valence electrons. The summed E-state index contributed by atoms with van der Waals surface area (Å²) >= 11 is 1.42. The maximum Gasteiger partial charge on any atom is 0.360 e. The first kappa shape index (κ1) is 14.7. The van der Waals surface area contributed by atoms with Gasteiger partial charge >= 0.3 is 5.97 Å². The van der Waals surface area contributed by atoms with Gasteiger partial charge in [-0.1, -0.05) is 0 Å². The second kappa shape index (κ2) is 6.72. The van der Waals surface area contributed by atoms with E-state index >= 15 is 0 Å². The molecule has 2 aliphatic heterocycles. The van der Waals surface area contributed by atoms with Gasteiger partial charge in [-0.3, -0.25) is 4.90 Å². The Morgan fingerprint density at radius 2 is 2.57 bits per heavy atom. The van der Waals surface area contributed by atoms with E-state index in [2.05, 4.69) is 15.2 Å². The van der Waals surface area contributed by atoms with Crippen molar-refractivity contribution >= 4 is 22.3 Å². The van der Waals surface area contributed by atoms with Crippen molar-refractivity contribution < 1.29 is 14.3 Å². The lowest BCUT2D eigenvalue weighted by atomic mass is 10.2. The lowest BCUT2D eigenvalue weighted by Crippen LogP contribution is -2.48. The predicted molar refractivity (Wildman–Crippen MR) is 80.9 cm³/mol. The third kappa shape index (κ3) is 3.36. The summed E-state index contributed by atoms with van der Waals surface area (Å²) in [6, 6.07) is 0.611. The van der Waals surface area contributed by atoms with Gasteiger partial charge < -0.3 is 14.8 Å². The average molecular weight is 311 g/mol. The molecule has 0 aromatic carbocycles. The van der Waals surface area contributed by atoms with E-state index < -0.39 is 0 Å². The molecule has 3 rings (SSSR count). The number of hydrogen-bond donors (Lipinski definition) is 1. The fourth-order valence-corrected chi connectivity index (χ4v) is 3.61. The van der Waals surface area contributed by atoms with Crippen molar-refractivity contribution in [2.75, 3.05) is 38.2 Å². The molecule has 2 fully saturated rings. The van der Waals surface area contributed by atoms with Crippen LogP contribution in [0.4, 0.5) is 5.00 Å². The topological polar surface area (TPSA) is 63.7 Å². The minimum Gasteiger partial charge on any atom is -0.461 e. The van der Waals surface area contributed by atoms with Crippen molar-refractivity contribution in [3.63, 3.8) is 0 Å². The zero-order valence-electron chi connectivity index (χ0n) is 12.2. The van der Waals surface area contributed by atoms with Crippen molar-refractivity contribution in [2.24, 2.45) is 0 Å². The normalized spacial score (nSPS) is 25.6. The third-order valence-corrected chi connectivity index (χ3v) is 4.77. The summed E-state index contributed by atoms with van der Waals surface area (Å²) in [5.74, 6) is -0.370. The van der Waals surface area contributed by atoms with Crippen molar-refractivity contribution in [2.45, 2.75) is 31.9 Å². The van der Waals surface area contributed by atoms with E-state index in [0.717, 1.165) is 18.2 Å². The van der Waals surface area contributed by atoms with E-state index in [1.807, 2.05) is 0 Å². The largest absolute Gasteiger partial charge is 0.461 e. The Labute approximate surface area is 128 Å². The zero-order chi connectivity index (χ0) is 14.7. The molecule has 1 aromatic rings. The van der Waals surface area contributed by atoms with Gasteiger partial charge in [0, 0.05) is 19.1 Å². The van der Waals surface area contributed by atoms with Gasteiger partial charge in [0.1, 0.15) is 5.00 Å². The van der Waals surface area contributed by atoms with Crippen molar-refractivity contribution in [3.8, 4) is 0 Å². The minimum atomic E-state index is -0.370. The number of carbonyl (C=O) groups is 1. The number of aromatic nitrogens is 1. The van der Waals surface area contributed by atoms with Crippen LogP contribution in [0, 0.1) is 0 Å². The standard InChI is InChI=1S/C14H21N3O3S/c1-2-19-14(18)12-13(21-9-16-12)15-6-11-7-17-5-3-4-10(17)8-20-11/h9-11,15H,2-8H2,1H3. The van der Waals surface area contributed by atoms with E-state index in [-0.39, 0.29) is 12.1 Å². The molecular weight excluding hydrogens is 290 g/mol. The highest BCUT2D eigenvalue weighted by molar-refractivity contribution is 7.14. The fraction of sp³-hybridized carbons (Fsp3) is 0.714. The van der Waals surface area contributed by atoms with E-state index in [9.17, 15) is 4.79 Å². The van der Waals surface area contributed by atoms with Crippen LogP contribution in [-0.4, -0.2) is 60.8 Å². The van der Waals surface area contributed by atoms with Crippen LogP contribution in [0.1, 0.15) is 30.3 Å². The molecule has 0 bridgehead atoms. The van der Waals surface area contributed by atoms with Crippen LogP contribution in [-0.2, 0) is 9.47 Å². The quantitative estimate of drug-likeness (QED) is 0.833. The first-order chi connectivity index (χ1) is 10.3. The number of carbonyl (C=O) groups excluding carboxylic acids is 1. The number of anilines is 1. The molecule has 21 heavy (non-hydrogen) atoms. The third-order valence-electron chi connectivity index (χ3n) is 3.99. The number of morpholine rings is 1. The zero-order valence-corrected chi connectivity index (χ0v) is 13.0. The molecule has 0 radical (unpaired) electrons. The SMILES string of the molecule is CCOC(=O)c1ncsc1NCC1CN2CCCC2CO1. The molecule has 2 atom stereocenters. The van der Waals surface area contributed by atoms with Gasteiger partial charge in [-0.15, -0.1) is 11.3 Å². The maximum atomic E-state index is 11.8. The monoisotopic (exact) mass is 311 g/mol. The highest BCUT2D eigenvalue weighted by atomic mass is 32.1. The summed E-state index contributed by atoms with van der Waals surface area (Å²) in [4.78, 5) is 18.4. The Kier molecular flexibility index (Phi) is 4.72. The number of rotatable bonds is 5. The van der Waals surface area contributed by atoms with Crippen LogP contribution >= 0.6 is 11.3 Å². The predicted octanol–water partition coefficient (Wildman–Crippen LogP) is 1.59. The van der Waals surface area contributed by atoms with Crippen LogP contribution in [0.2, 0.25) is 0 Å². The molecule has 2 aliphatic rings. The van der Waals surface area contributed by atoms with Crippen LogP contribution in [0.15, 0.2) is 5.51 Å². The van der Waals surface area contributed by atoms with Crippen LogP contribution in [0.25, 0.3) is 0 Å². The van der Waals surface area contributed by atoms with Gasteiger partial charge in [0.15, 0.2) is 5.69 Å².